The number of pyridine rings is 1. The Hall–Kier alpha value is -2.14. The lowest BCUT2D eigenvalue weighted by molar-refractivity contribution is -0.137. The summed E-state index contributed by atoms with van der Waals surface area (Å²) < 4.78 is 70.0. The highest BCUT2D eigenvalue weighted by Gasteiger charge is 2.31. The van der Waals surface area contributed by atoms with E-state index >= 15 is 0 Å². The molecule has 0 amide bonds. The molecule has 0 spiro atoms. The molecule has 0 saturated heterocycles. The largest absolute Gasteiger partial charge is 0.474 e. The second-order valence-corrected chi connectivity index (χ2v) is 7.69. The molecule has 0 aliphatic heterocycles. The van der Waals surface area contributed by atoms with Gasteiger partial charge in [0.1, 0.15) is 6.10 Å². The van der Waals surface area contributed by atoms with Crippen LogP contribution in [0.4, 0.5) is 13.2 Å². The average molecular weight is 390 g/mol. The minimum Gasteiger partial charge on any atom is -0.474 e. The monoisotopic (exact) mass is 390 g/mol. The SMILES string of the molecule is O=S(=O)(NC1CCC(Oc2ccc(C(F)(F)F)cn2)CC1)c1cnc[nH]1. The van der Waals surface area contributed by atoms with Crippen LogP contribution in [-0.2, 0) is 16.2 Å². The van der Waals surface area contributed by atoms with Crippen LogP contribution >= 0.6 is 0 Å². The summed E-state index contributed by atoms with van der Waals surface area (Å²) in [6.07, 6.45) is 0.848. The van der Waals surface area contributed by atoms with E-state index in [2.05, 4.69) is 19.7 Å². The standard InChI is InChI=1S/C15H17F3N4O3S/c16-15(17,18)10-1-6-13(20-7-10)25-12-4-2-11(3-5-12)22-26(23,24)14-8-19-9-21-14/h1,6-9,11-12,22H,2-5H2,(H,19,21). The van der Waals surface area contributed by atoms with Crippen molar-refractivity contribution in [2.75, 3.05) is 0 Å². The normalized spacial score (nSPS) is 21.5. The van der Waals surface area contributed by atoms with Crippen molar-refractivity contribution in [3.05, 3.63) is 36.4 Å². The summed E-state index contributed by atoms with van der Waals surface area (Å²) in [4.78, 5) is 9.93. The third-order valence-electron chi connectivity index (χ3n) is 4.11. The Balaban J connectivity index is 1.51. The van der Waals surface area contributed by atoms with Gasteiger partial charge in [-0.2, -0.15) is 13.2 Å². The molecule has 11 heteroatoms. The summed E-state index contributed by atoms with van der Waals surface area (Å²) in [5.74, 6) is 0.125. The van der Waals surface area contributed by atoms with Crippen molar-refractivity contribution in [3.63, 3.8) is 0 Å². The van der Waals surface area contributed by atoms with Crippen molar-refractivity contribution in [3.8, 4) is 5.88 Å². The van der Waals surface area contributed by atoms with Crippen LogP contribution < -0.4 is 9.46 Å². The van der Waals surface area contributed by atoms with E-state index in [9.17, 15) is 21.6 Å². The maximum Gasteiger partial charge on any atom is 0.417 e. The summed E-state index contributed by atoms with van der Waals surface area (Å²) in [5.41, 5.74) is -0.832. The lowest BCUT2D eigenvalue weighted by atomic mass is 9.94. The van der Waals surface area contributed by atoms with Gasteiger partial charge in [-0.1, -0.05) is 0 Å². The van der Waals surface area contributed by atoms with E-state index in [-0.39, 0.29) is 23.1 Å². The zero-order valence-electron chi connectivity index (χ0n) is 13.5. The number of aromatic amines is 1. The molecule has 0 bridgehead atoms. The number of nitrogens with zero attached hydrogens (tertiary/aromatic N) is 2. The van der Waals surface area contributed by atoms with Crippen molar-refractivity contribution in [1.29, 1.82) is 0 Å². The topological polar surface area (TPSA) is 97.0 Å². The lowest BCUT2D eigenvalue weighted by Gasteiger charge is -2.28. The fourth-order valence-corrected chi connectivity index (χ4v) is 3.97. The van der Waals surface area contributed by atoms with Gasteiger partial charge in [0.15, 0.2) is 5.03 Å². The number of H-pyrrole nitrogens is 1. The van der Waals surface area contributed by atoms with Crippen molar-refractivity contribution >= 4 is 10.0 Å². The molecule has 2 aromatic rings. The van der Waals surface area contributed by atoms with E-state index in [4.69, 9.17) is 4.74 Å². The Morgan fingerprint density at radius 1 is 1.15 bits per heavy atom. The second kappa shape index (κ2) is 7.23. The lowest BCUT2D eigenvalue weighted by Crippen LogP contribution is -2.39. The number of alkyl halides is 3. The summed E-state index contributed by atoms with van der Waals surface area (Å²) in [7, 11) is -3.64. The van der Waals surface area contributed by atoms with Crippen molar-refractivity contribution in [1.82, 2.24) is 19.7 Å². The molecule has 7 nitrogen and oxygen atoms in total. The third kappa shape index (κ3) is 4.52. The molecule has 0 radical (unpaired) electrons. The van der Waals surface area contributed by atoms with Gasteiger partial charge in [0.05, 0.1) is 18.1 Å². The Bertz CT molecular complexity index is 815. The minimum absolute atomic E-state index is 0.00447. The summed E-state index contributed by atoms with van der Waals surface area (Å²) in [6, 6.07) is 1.88. The number of imidazole rings is 1. The Kier molecular flexibility index (Phi) is 5.19. The number of aromatic nitrogens is 3. The zero-order valence-corrected chi connectivity index (χ0v) is 14.3. The van der Waals surface area contributed by atoms with Gasteiger partial charge in [-0.15, -0.1) is 0 Å². The fourth-order valence-electron chi connectivity index (χ4n) is 2.76. The molecule has 1 aliphatic rings. The van der Waals surface area contributed by atoms with Gasteiger partial charge in [0.2, 0.25) is 5.88 Å². The van der Waals surface area contributed by atoms with Crippen molar-refractivity contribution in [2.24, 2.45) is 0 Å². The molecule has 142 valence electrons. The number of hydrogen-bond donors (Lipinski definition) is 2. The first-order valence-corrected chi connectivity index (χ1v) is 9.43. The molecule has 0 unspecified atom stereocenters. The van der Waals surface area contributed by atoms with Gasteiger partial charge in [-0.3, -0.25) is 0 Å². The molecular weight excluding hydrogens is 373 g/mol. The van der Waals surface area contributed by atoms with E-state index in [0.717, 1.165) is 12.3 Å². The molecule has 2 aromatic heterocycles. The third-order valence-corrected chi connectivity index (χ3v) is 5.56. The average Bonchev–Trinajstić information content (AvgIpc) is 3.12. The molecule has 26 heavy (non-hydrogen) atoms. The highest BCUT2D eigenvalue weighted by Crippen LogP contribution is 2.30. The van der Waals surface area contributed by atoms with Crippen LogP contribution in [0.3, 0.4) is 0 Å². The first-order chi connectivity index (χ1) is 12.2. The Labute approximate surface area is 148 Å². The van der Waals surface area contributed by atoms with E-state index in [1.807, 2.05) is 0 Å². The van der Waals surface area contributed by atoms with Crippen molar-refractivity contribution in [2.45, 2.75) is 49.0 Å². The van der Waals surface area contributed by atoms with E-state index in [1.165, 1.54) is 18.6 Å². The second-order valence-electron chi connectivity index (χ2n) is 6.01. The van der Waals surface area contributed by atoms with Crippen LogP contribution in [0.2, 0.25) is 0 Å². The first kappa shape index (κ1) is 18.6. The van der Waals surface area contributed by atoms with E-state index < -0.39 is 21.8 Å². The quantitative estimate of drug-likeness (QED) is 0.818. The predicted octanol–water partition coefficient (Wildman–Crippen LogP) is 2.49. The molecule has 1 aliphatic carbocycles. The maximum absolute atomic E-state index is 12.5. The molecule has 1 fully saturated rings. The highest BCUT2D eigenvalue weighted by molar-refractivity contribution is 7.89. The number of rotatable bonds is 5. The van der Waals surface area contributed by atoms with Gasteiger partial charge in [0.25, 0.3) is 10.0 Å². The number of hydrogen-bond acceptors (Lipinski definition) is 5. The molecule has 1 saturated carbocycles. The number of halogens is 3. The van der Waals surface area contributed by atoms with Crippen LogP contribution in [0.1, 0.15) is 31.2 Å². The van der Waals surface area contributed by atoms with Gasteiger partial charge >= 0.3 is 6.18 Å². The van der Waals surface area contributed by atoms with Gasteiger partial charge in [-0.25, -0.2) is 23.1 Å². The van der Waals surface area contributed by atoms with Gasteiger partial charge in [-0.05, 0) is 31.7 Å². The van der Waals surface area contributed by atoms with Crippen LogP contribution in [-0.4, -0.2) is 35.5 Å². The first-order valence-electron chi connectivity index (χ1n) is 7.94. The highest BCUT2D eigenvalue weighted by atomic mass is 32.2. The van der Waals surface area contributed by atoms with E-state index in [1.54, 1.807) is 0 Å². The molecule has 3 rings (SSSR count). The zero-order chi connectivity index (χ0) is 18.8. The number of sulfonamides is 1. The molecular formula is C15H17F3N4O3S. The van der Waals surface area contributed by atoms with Crippen LogP contribution in [0.5, 0.6) is 5.88 Å². The summed E-state index contributed by atoms with van der Waals surface area (Å²) in [6.45, 7) is 0. The Morgan fingerprint density at radius 3 is 2.42 bits per heavy atom. The predicted molar refractivity (Wildman–Crippen MR) is 84.8 cm³/mol. The fraction of sp³-hybridized carbons (Fsp3) is 0.467. The van der Waals surface area contributed by atoms with Gasteiger partial charge < -0.3 is 9.72 Å². The molecule has 0 atom stereocenters. The minimum atomic E-state index is -4.44. The molecule has 0 aromatic carbocycles. The molecule has 2 heterocycles. The van der Waals surface area contributed by atoms with E-state index in [0.29, 0.717) is 25.7 Å². The van der Waals surface area contributed by atoms with Gasteiger partial charge in [0, 0.05) is 18.3 Å². The number of ether oxygens (including phenoxy) is 1. The van der Waals surface area contributed by atoms with Crippen LogP contribution in [0, 0.1) is 0 Å². The Morgan fingerprint density at radius 2 is 1.88 bits per heavy atom. The smallest absolute Gasteiger partial charge is 0.417 e. The summed E-state index contributed by atoms with van der Waals surface area (Å²) in [5, 5.41) is 0.00447. The summed E-state index contributed by atoms with van der Waals surface area (Å²) >= 11 is 0. The molecule has 2 N–H and O–H groups in total. The van der Waals surface area contributed by atoms with Crippen LogP contribution in [0.25, 0.3) is 0 Å². The number of nitrogens with one attached hydrogen (secondary N) is 2. The van der Waals surface area contributed by atoms with Crippen molar-refractivity contribution < 1.29 is 26.3 Å². The van der Waals surface area contributed by atoms with Crippen LogP contribution in [0.15, 0.2) is 35.9 Å². The maximum atomic E-state index is 12.5.